The summed E-state index contributed by atoms with van der Waals surface area (Å²) in [5.41, 5.74) is 12.7. The van der Waals surface area contributed by atoms with E-state index in [2.05, 4.69) is 293 Å². The van der Waals surface area contributed by atoms with Crippen molar-refractivity contribution in [2.75, 3.05) is 0 Å². The Bertz CT molecular complexity index is 7710. The summed E-state index contributed by atoms with van der Waals surface area (Å²) in [4.78, 5) is 0. The topological polar surface area (TPSA) is 0 Å². The molecule has 9 heteroatoms. The summed E-state index contributed by atoms with van der Waals surface area (Å²) in [7, 11) is 0. The molecule has 0 aliphatic carbocycles. The van der Waals surface area contributed by atoms with Gasteiger partial charge in [0.2, 0.25) is 0 Å². The number of benzene rings is 10. The van der Waals surface area contributed by atoms with Gasteiger partial charge in [0.15, 0.2) is 0 Å². The molecule has 6 aromatic heterocycles. The van der Waals surface area contributed by atoms with E-state index in [1.54, 1.807) is 0 Å². The first kappa shape index (κ1) is 91.1. The monoisotopic (exact) mass is 2390 g/mol. The van der Waals surface area contributed by atoms with Crippen LogP contribution in [0.15, 0.2) is 238 Å². The van der Waals surface area contributed by atoms with Gasteiger partial charge in [0.1, 0.15) is 0 Å². The fourth-order valence-corrected chi connectivity index (χ4v) is 42.6. The Labute approximate surface area is 882 Å². The van der Waals surface area contributed by atoms with E-state index in [1.165, 1.54) is 126 Å². The summed E-state index contributed by atoms with van der Waals surface area (Å²) in [5, 5.41) is 7.93. The second-order valence-corrected chi connectivity index (χ2v) is 90.8. The molecule has 10 aromatic carbocycles. The zero-order valence-electron chi connectivity index (χ0n) is 102. The molecule has 0 unspecified atom stereocenters. The molecule has 16 aromatic rings. The van der Waals surface area contributed by atoms with Crippen LogP contribution in [0.5, 0.6) is 0 Å². The van der Waals surface area contributed by atoms with Gasteiger partial charge < -0.3 is 0 Å². The Balaban J connectivity index is 0.000000160. The van der Waals surface area contributed by atoms with Crippen molar-refractivity contribution >= 4 is 226 Å². The molecule has 9 heterocycles. The summed E-state index contributed by atoms with van der Waals surface area (Å²) < 4.78 is 138. The van der Waals surface area contributed by atoms with E-state index < -0.39 is 75.2 Å². The molecule has 0 N–H and O–H groups in total. The third-order valence-electron chi connectivity index (χ3n) is 23.8. The van der Waals surface area contributed by atoms with Gasteiger partial charge in [0, 0.05) is 0 Å². The van der Waals surface area contributed by atoms with Crippen LogP contribution in [0.2, 0.25) is 34.5 Å². The fourth-order valence-electron chi connectivity index (χ4n) is 17.1. The van der Waals surface area contributed by atoms with Crippen LogP contribution >= 0.6 is 0 Å². The first-order valence-corrected chi connectivity index (χ1v) is 77.2. The summed E-state index contributed by atoms with van der Waals surface area (Å²) >= 11 is -4.10. The minimum absolute atomic E-state index is 0.191. The van der Waals surface area contributed by atoms with E-state index in [0.29, 0.717) is 97.3 Å². The van der Waals surface area contributed by atoms with Gasteiger partial charge in [-0.1, -0.05) is 0 Å². The molecule has 0 amide bonds. The molecule has 0 atom stereocenters. The normalized spacial score (nSPS) is 16.2. The van der Waals surface area contributed by atoms with Gasteiger partial charge in [-0.05, 0) is 0 Å². The standard InChI is InChI=1S/C18H20Se.2C16H24Ge.4C14H18Se.C11H14Ge.C9H8Se/c1-12-5-7-14-15-10-13(11-18(2,3)4)6-8-16(15)19-17(14)9-12;1-12-9-14-10-13(11-16(2,3)4)7-8-15(14)17(12,5)6;1-12-9-14-8-7-13(11-16(2,3)4)10-15(14)17(12,5)6;2*1-10-7-12-8-11(9-14(2,3)4)5-6-13(12)15-10;2*1-10-7-12-6-5-11(8-13(12)15-10)9-14(2,3)4;1-9-8-10-6-4-5-7-11(10)12(9,2)3;1-7-6-8-4-2-3-5-9(8)10-7/h5-10H,11H2,1-4H3;2*7-10H,11H2,1-6H3;4*5-8H,9H2,1-4H3;4-8H,1-3H3;2-6H,1H3/i11D2;2*9D;7D,9D2;7D;7D,9D2;7D;8D;6D. The zero-order valence-corrected chi connectivity index (χ0v) is 105. The van der Waals surface area contributed by atoms with Crippen molar-refractivity contribution < 1.29 is 19.2 Å². The summed E-state index contributed by atoms with van der Waals surface area (Å²) in [6.07, 6.45) is 0.332. The Kier molecular flexibility index (Phi) is 30.5. The Morgan fingerprint density at radius 2 is 0.563 bits per heavy atom. The average molecular weight is 2380 g/mol. The minimum atomic E-state index is -2.09. The number of rotatable bonds is 7. The summed E-state index contributed by atoms with van der Waals surface area (Å²) in [5.74, 6) is 14.4. The number of hydrogen-bond acceptors (Lipinski definition) is 0. The molecule has 0 bridgehead atoms. The number of hydrogen-bond donors (Lipinski definition) is 0. The van der Waals surface area contributed by atoms with Crippen molar-refractivity contribution in [2.24, 2.45) is 37.9 Å². The van der Waals surface area contributed by atoms with Crippen LogP contribution in [-0.2, 0) is 44.8 Å². The predicted octanol–water partition coefficient (Wildman–Crippen LogP) is 33.2. The van der Waals surface area contributed by atoms with Gasteiger partial charge >= 0.3 is 891 Å². The molecule has 19 rings (SSSR count). The third kappa shape index (κ3) is 32.7. The fraction of sp³-hybridized carbons (Fsp3) is 0.397. The van der Waals surface area contributed by atoms with Gasteiger partial charge in [-0.15, -0.1) is 0 Å². The third-order valence-corrected chi connectivity index (χ3v) is 60.2. The molecule has 0 fully saturated rings. The van der Waals surface area contributed by atoms with E-state index in [4.69, 9.17) is 19.2 Å². The summed E-state index contributed by atoms with van der Waals surface area (Å²) in [6.45, 7) is 63.5. The predicted molar refractivity (Wildman–Crippen MR) is 625 cm³/mol. The van der Waals surface area contributed by atoms with Crippen LogP contribution in [0.25, 0.3) is 85.7 Å². The Hall–Kier alpha value is -5.13. The van der Waals surface area contributed by atoms with Crippen LogP contribution in [0.1, 0.15) is 269 Å². The van der Waals surface area contributed by atoms with Gasteiger partial charge in [-0.2, -0.15) is 0 Å². The average Bonchev–Trinajstić information content (AvgIpc) is 1.48. The van der Waals surface area contributed by atoms with E-state index >= 15 is 0 Å². The quantitative estimate of drug-likeness (QED) is 0.140. The van der Waals surface area contributed by atoms with Crippen molar-refractivity contribution in [1.82, 2.24) is 0 Å². The van der Waals surface area contributed by atoms with E-state index in [0.717, 1.165) is 108 Å². The van der Waals surface area contributed by atoms with Gasteiger partial charge in [0.05, 0.1) is 0 Å². The molecule has 0 radical (unpaired) electrons. The first-order chi connectivity index (χ1) is 68.3. The molecule has 3 aliphatic rings. The number of allylic oxidation sites excluding steroid dienone is 3. The van der Waals surface area contributed by atoms with E-state index in [1.807, 2.05) is 143 Å². The second kappa shape index (κ2) is 45.2. The Morgan fingerprint density at radius 3 is 1.04 bits per heavy atom. The zero-order chi connectivity index (χ0) is 112. The van der Waals surface area contributed by atoms with Gasteiger partial charge in [-0.3, -0.25) is 0 Å². The maximum absolute atomic E-state index is 8.47. The molecular weight excluding hydrogens is 2200 g/mol. The van der Waals surface area contributed by atoms with Crippen molar-refractivity contribution in [3.05, 3.63) is 321 Å². The molecule has 714 valence electrons. The first-order valence-electron chi connectivity index (χ1n) is 55.1. The molecule has 0 saturated carbocycles. The van der Waals surface area contributed by atoms with E-state index in [-0.39, 0.29) is 29.0 Å². The Morgan fingerprint density at radius 1 is 0.237 bits per heavy atom. The van der Waals surface area contributed by atoms with Gasteiger partial charge in [0.25, 0.3) is 0 Å². The number of aryl methyl sites for hydroxylation is 6. The summed E-state index contributed by atoms with van der Waals surface area (Å²) in [6, 6.07) is 73.8. The van der Waals surface area contributed by atoms with Crippen LogP contribution in [0, 0.1) is 79.4 Å². The second-order valence-electron chi connectivity index (χ2n) is 46.8. The number of fused-ring (bicyclic) bond motifs is 11. The maximum atomic E-state index is 8.47. The van der Waals surface area contributed by atoms with Crippen LogP contribution in [0.4, 0.5) is 0 Å². The molecule has 135 heavy (non-hydrogen) atoms. The van der Waals surface area contributed by atoms with E-state index in [9.17, 15) is 0 Å². The molecule has 0 spiro atoms. The molecule has 0 nitrogen and oxygen atoms in total. The van der Waals surface area contributed by atoms with Crippen LogP contribution in [0.3, 0.4) is 0 Å². The van der Waals surface area contributed by atoms with Crippen molar-refractivity contribution in [2.45, 2.75) is 287 Å². The van der Waals surface area contributed by atoms with Crippen LogP contribution < -0.4 is 13.2 Å². The van der Waals surface area contributed by atoms with Gasteiger partial charge in [-0.25, -0.2) is 0 Å². The van der Waals surface area contributed by atoms with Crippen LogP contribution in [-0.4, -0.2) is 127 Å². The van der Waals surface area contributed by atoms with Crippen molar-refractivity contribution in [3.63, 3.8) is 0 Å². The van der Waals surface area contributed by atoms with Crippen molar-refractivity contribution in [3.8, 4) is 0 Å². The van der Waals surface area contributed by atoms with Crippen molar-refractivity contribution in [1.29, 1.82) is 0 Å². The molecular formula is C126H162Ge3Se6. The molecule has 3 aliphatic heterocycles. The SMILES string of the molecule is [2H]C([2H])(c1ccc2[se]c3cc(C)ccc3c2c1)C(C)(C)C.[2H]C1=[C](C)[Ge]([CH3])([CH3])[c]2cc(CC(C)(C)C)ccc21.[2H]C1=[C](C)[Ge]([CH3])([CH3])[c]2ccc(CC(C)(C)C)cc21.[2H]C1=[C](C)[Ge]([CH3])([CH3])[c]2ccccc21.[2H]c1c(C)[se]c2cc(C([2H])([2H])C(C)(C)C)ccc12.[2H]c1c(C)[se]c2cc(CC(C)(C)C)ccc12.[2H]c1c(C)[se]c2ccc(C([2H])([2H])C(C)(C)C)cc12.[2H]c1c(C)[se]c2ccc(CC(C)(C)C)cc12.[2H]c1c(C)[se]c2ccccc12. The molecule has 0 saturated heterocycles.